The monoisotopic (exact) mass is 336 g/mol. The number of nitrogens with two attached hydrogens (primary N) is 1. The van der Waals surface area contributed by atoms with Gasteiger partial charge in [0.2, 0.25) is 15.9 Å². The van der Waals surface area contributed by atoms with Gasteiger partial charge in [-0.25, -0.2) is 18.4 Å². The largest absolute Gasteiger partial charge is 0.480 e. The Morgan fingerprint density at radius 1 is 1.50 bits per heavy atom. The maximum absolute atomic E-state index is 12.1. The first-order valence-electron chi connectivity index (χ1n) is 7.01. The van der Waals surface area contributed by atoms with E-state index in [2.05, 4.69) is 0 Å². The van der Waals surface area contributed by atoms with Gasteiger partial charge in [-0.3, -0.25) is 4.79 Å². The van der Waals surface area contributed by atoms with Crippen LogP contribution >= 0.6 is 0 Å². The molecule has 1 aliphatic heterocycles. The van der Waals surface area contributed by atoms with Gasteiger partial charge in [-0.1, -0.05) is 0 Å². The molecule has 1 heterocycles. The van der Waals surface area contributed by atoms with E-state index in [0.717, 1.165) is 0 Å². The van der Waals surface area contributed by atoms with Gasteiger partial charge in [0.1, 0.15) is 0 Å². The number of carbonyl (C=O) groups excluding carboxylic acids is 1. The van der Waals surface area contributed by atoms with E-state index in [4.69, 9.17) is 9.88 Å². The molecule has 0 aromatic heterocycles. The summed E-state index contributed by atoms with van der Waals surface area (Å²) in [7, 11) is -3.71. The topological polar surface area (TPSA) is 127 Å². The fraction of sp³-hybridized carbons (Fsp3) is 0.846. The molecule has 3 N–H and O–H groups in total. The van der Waals surface area contributed by atoms with Crippen molar-refractivity contribution in [2.24, 2.45) is 11.1 Å². The summed E-state index contributed by atoms with van der Waals surface area (Å²) in [5, 5.41) is 14.4. The second kappa shape index (κ2) is 6.51. The van der Waals surface area contributed by atoms with Crippen LogP contribution in [-0.2, 0) is 24.3 Å². The Morgan fingerprint density at radius 2 is 2.05 bits per heavy atom. The Kier molecular flexibility index (Phi) is 5.58. The van der Waals surface area contributed by atoms with Crippen molar-refractivity contribution in [2.45, 2.75) is 51.9 Å². The molecule has 1 fully saturated rings. The predicted octanol–water partition coefficient (Wildman–Crippen LogP) is -0.220. The van der Waals surface area contributed by atoms with Gasteiger partial charge in [-0.15, -0.1) is 0 Å². The van der Waals surface area contributed by atoms with Crippen molar-refractivity contribution in [3.05, 3.63) is 0 Å². The van der Waals surface area contributed by atoms with Crippen LogP contribution in [0.5, 0.6) is 0 Å². The highest BCUT2D eigenvalue weighted by atomic mass is 32.2. The molecular formula is C13H24N2O6S. The molecule has 0 spiro atoms. The molecule has 9 heteroatoms. The number of primary sulfonamides is 1. The number of carboxylic acids is 1. The number of likely N-dealkylation sites (tertiary alicyclic amines) is 1. The first kappa shape index (κ1) is 18.9. The number of amides is 1. The number of carboxylic acid groups (broad SMARTS) is 1. The summed E-state index contributed by atoms with van der Waals surface area (Å²) in [5.74, 6) is -2.41. The Morgan fingerprint density at radius 3 is 2.45 bits per heavy atom. The number of ether oxygens (including phenoxy) is 1. The standard InChI is InChI=1S/C13H24N2O6S/c1-8(21-13(2,3)4)11(12(17)18)15-6-9(5-10(15)16)7-22(14,19)20/h8-9,11H,5-7H2,1-4H3,(H,17,18)(H2,14,19,20)/t8-,9?,11+/m0/s1. The maximum atomic E-state index is 12.1. The lowest BCUT2D eigenvalue weighted by Gasteiger charge is -2.33. The smallest absolute Gasteiger partial charge is 0.329 e. The van der Waals surface area contributed by atoms with E-state index in [-0.39, 0.29) is 18.7 Å². The zero-order valence-electron chi connectivity index (χ0n) is 13.3. The van der Waals surface area contributed by atoms with Crippen LogP contribution in [0.25, 0.3) is 0 Å². The molecule has 0 radical (unpaired) electrons. The lowest BCUT2D eigenvalue weighted by molar-refractivity contribution is -0.160. The molecule has 0 aromatic carbocycles. The van der Waals surface area contributed by atoms with Crippen LogP contribution in [0, 0.1) is 5.92 Å². The minimum atomic E-state index is -3.71. The Balaban J connectivity index is 2.89. The van der Waals surface area contributed by atoms with E-state index < -0.39 is 45.6 Å². The number of sulfonamides is 1. The van der Waals surface area contributed by atoms with Crippen LogP contribution < -0.4 is 5.14 Å². The molecule has 8 nitrogen and oxygen atoms in total. The molecule has 0 bridgehead atoms. The number of hydrogen-bond donors (Lipinski definition) is 2. The molecule has 22 heavy (non-hydrogen) atoms. The normalized spacial score (nSPS) is 22.7. The molecule has 3 atom stereocenters. The minimum Gasteiger partial charge on any atom is -0.480 e. The van der Waals surface area contributed by atoms with Crippen molar-refractivity contribution in [3.8, 4) is 0 Å². The highest BCUT2D eigenvalue weighted by molar-refractivity contribution is 7.89. The van der Waals surface area contributed by atoms with Crippen LogP contribution in [0.2, 0.25) is 0 Å². The average Bonchev–Trinajstić information content (AvgIpc) is 2.53. The van der Waals surface area contributed by atoms with Gasteiger partial charge in [-0.2, -0.15) is 0 Å². The highest BCUT2D eigenvalue weighted by Crippen LogP contribution is 2.25. The summed E-state index contributed by atoms with van der Waals surface area (Å²) < 4.78 is 27.9. The SMILES string of the molecule is C[C@H](OC(C)(C)C)[C@H](C(=O)O)N1CC(CS(N)(=O)=O)CC1=O. The van der Waals surface area contributed by atoms with Crippen molar-refractivity contribution < 1.29 is 27.9 Å². The van der Waals surface area contributed by atoms with Crippen LogP contribution in [0.4, 0.5) is 0 Å². The molecule has 1 amide bonds. The quantitative estimate of drug-likeness (QED) is 0.690. The molecule has 1 rings (SSSR count). The molecule has 128 valence electrons. The predicted molar refractivity (Wildman–Crippen MR) is 79.5 cm³/mol. The lowest BCUT2D eigenvalue weighted by atomic mass is 10.1. The summed E-state index contributed by atoms with van der Waals surface area (Å²) in [6.07, 6.45) is -0.752. The molecule has 1 saturated heterocycles. The molecular weight excluding hydrogens is 312 g/mol. The zero-order valence-corrected chi connectivity index (χ0v) is 14.1. The number of nitrogens with zero attached hydrogens (tertiary/aromatic N) is 1. The van der Waals surface area contributed by atoms with Gasteiger partial charge in [0.15, 0.2) is 6.04 Å². The Labute approximate surface area is 130 Å². The van der Waals surface area contributed by atoms with Gasteiger partial charge in [0.05, 0.1) is 17.5 Å². The molecule has 1 aliphatic rings. The van der Waals surface area contributed by atoms with E-state index in [0.29, 0.717) is 0 Å². The maximum Gasteiger partial charge on any atom is 0.329 e. The Hall–Kier alpha value is -1.19. The molecule has 0 saturated carbocycles. The molecule has 1 unspecified atom stereocenters. The second-order valence-electron chi connectivity index (χ2n) is 6.66. The third kappa shape index (κ3) is 5.54. The van der Waals surface area contributed by atoms with Gasteiger partial charge in [0, 0.05) is 18.9 Å². The first-order chi connectivity index (χ1) is 9.80. The van der Waals surface area contributed by atoms with Crippen LogP contribution in [0.1, 0.15) is 34.1 Å². The summed E-state index contributed by atoms with van der Waals surface area (Å²) in [6, 6.07) is -1.16. The van der Waals surface area contributed by atoms with Gasteiger partial charge in [-0.05, 0) is 27.7 Å². The highest BCUT2D eigenvalue weighted by Gasteiger charge is 2.42. The van der Waals surface area contributed by atoms with Crippen molar-refractivity contribution in [1.29, 1.82) is 0 Å². The number of aliphatic carboxylic acids is 1. The first-order valence-corrected chi connectivity index (χ1v) is 8.72. The van der Waals surface area contributed by atoms with Gasteiger partial charge in [0.25, 0.3) is 0 Å². The number of rotatable bonds is 6. The zero-order chi connectivity index (χ0) is 17.3. The fourth-order valence-electron chi connectivity index (χ4n) is 2.73. The van der Waals surface area contributed by atoms with Gasteiger partial charge < -0.3 is 14.7 Å². The van der Waals surface area contributed by atoms with E-state index >= 15 is 0 Å². The summed E-state index contributed by atoms with van der Waals surface area (Å²) >= 11 is 0. The third-order valence-electron chi connectivity index (χ3n) is 3.28. The van der Waals surface area contributed by atoms with E-state index in [1.165, 1.54) is 4.90 Å². The third-order valence-corrected chi connectivity index (χ3v) is 4.22. The van der Waals surface area contributed by atoms with Crippen LogP contribution in [-0.4, -0.2) is 60.3 Å². The van der Waals surface area contributed by atoms with E-state index in [1.54, 1.807) is 27.7 Å². The van der Waals surface area contributed by atoms with E-state index in [9.17, 15) is 23.1 Å². The Bertz CT molecular complexity index is 539. The minimum absolute atomic E-state index is 0.0253. The molecule has 0 aromatic rings. The second-order valence-corrected chi connectivity index (χ2v) is 8.32. The summed E-state index contributed by atoms with van der Waals surface area (Å²) in [6.45, 7) is 7.00. The van der Waals surface area contributed by atoms with E-state index in [1.807, 2.05) is 0 Å². The lowest BCUT2D eigenvalue weighted by Crippen LogP contribution is -2.51. The molecule has 0 aliphatic carbocycles. The van der Waals surface area contributed by atoms with Crippen molar-refractivity contribution in [1.82, 2.24) is 4.90 Å². The van der Waals surface area contributed by atoms with Crippen molar-refractivity contribution in [3.63, 3.8) is 0 Å². The van der Waals surface area contributed by atoms with Crippen molar-refractivity contribution >= 4 is 21.9 Å². The number of hydrogen-bond acceptors (Lipinski definition) is 5. The number of carbonyl (C=O) groups is 2. The average molecular weight is 336 g/mol. The van der Waals surface area contributed by atoms with Crippen LogP contribution in [0.3, 0.4) is 0 Å². The fourth-order valence-corrected chi connectivity index (χ4v) is 3.61. The summed E-state index contributed by atoms with van der Waals surface area (Å²) in [4.78, 5) is 24.8. The van der Waals surface area contributed by atoms with Crippen LogP contribution in [0.15, 0.2) is 0 Å². The summed E-state index contributed by atoms with van der Waals surface area (Å²) in [5.41, 5.74) is -0.560. The van der Waals surface area contributed by atoms with Gasteiger partial charge >= 0.3 is 5.97 Å². The van der Waals surface area contributed by atoms with Crippen molar-refractivity contribution in [2.75, 3.05) is 12.3 Å².